The number of aromatic nitrogens is 2. The van der Waals surface area contributed by atoms with Crippen molar-refractivity contribution in [2.45, 2.75) is 57.8 Å². The van der Waals surface area contributed by atoms with Crippen LogP contribution in [0.25, 0.3) is 11.5 Å². The molecule has 0 radical (unpaired) electrons. The van der Waals surface area contributed by atoms with E-state index in [1.54, 1.807) is 12.1 Å². The first kappa shape index (κ1) is 15.2. The fourth-order valence-corrected chi connectivity index (χ4v) is 3.31. The van der Waals surface area contributed by atoms with Gasteiger partial charge in [0, 0.05) is 11.5 Å². The number of rotatable bonds is 5. The molecule has 0 spiro atoms. The summed E-state index contributed by atoms with van der Waals surface area (Å²) in [6.45, 7) is 2.25. The van der Waals surface area contributed by atoms with Gasteiger partial charge < -0.3 is 4.52 Å². The van der Waals surface area contributed by atoms with Crippen LogP contribution in [0, 0.1) is 11.7 Å². The minimum atomic E-state index is -0.256. The highest BCUT2D eigenvalue weighted by Crippen LogP contribution is 2.37. The summed E-state index contributed by atoms with van der Waals surface area (Å²) in [5, 5.41) is 4.15. The van der Waals surface area contributed by atoms with E-state index < -0.39 is 0 Å². The van der Waals surface area contributed by atoms with Crippen LogP contribution in [0.4, 0.5) is 4.39 Å². The third-order valence-electron chi connectivity index (χ3n) is 4.71. The van der Waals surface area contributed by atoms with E-state index in [1.807, 2.05) is 0 Å². The van der Waals surface area contributed by atoms with E-state index in [0.717, 1.165) is 30.1 Å². The monoisotopic (exact) mass is 302 g/mol. The molecule has 3 rings (SSSR count). The summed E-state index contributed by atoms with van der Waals surface area (Å²) in [6, 6.07) is 6.18. The molecule has 4 heteroatoms. The number of unbranched alkanes of at least 4 members (excludes halogenated alkanes) is 1. The lowest BCUT2D eigenvalue weighted by Crippen LogP contribution is -2.14. The van der Waals surface area contributed by atoms with Crippen molar-refractivity contribution in [2.75, 3.05) is 0 Å². The van der Waals surface area contributed by atoms with Crippen LogP contribution in [0.2, 0.25) is 0 Å². The molecular formula is C18H23FN2O. The Morgan fingerprint density at radius 3 is 2.55 bits per heavy atom. The molecule has 1 fully saturated rings. The zero-order chi connectivity index (χ0) is 15.4. The Morgan fingerprint density at radius 1 is 1.14 bits per heavy atom. The zero-order valence-corrected chi connectivity index (χ0v) is 13.1. The van der Waals surface area contributed by atoms with Gasteiger partial charge in [0.05, 0.1) is 0 Å². The predicted octanol–water partition coefficient (Wildman–Crippen LogP) is 5.34. The molecular weight excluding hydrogens is 279 g/mol. The van der Waals surface area contributed by atoms with E-state index in [0.29, 0.717) is 11.8 Å². The summed E-state index contributed by atoms with van der Waals surface area (Å²) in [7, 11) is 0. The Kier molecular flexibility index (Phi) is 4.86. The minimum absolute atomic E-state index is 0.256. The molecule has 0 unspecified atom stereocenters. The van der Waals surface area contributed by atoms with E-state index in [1.165, 1.54) is 44.2 Å². The molecule has 2 aromatic rings. The van der Waals surface area contributed by atoms with Crippen LogP contribution in [0.3, 0.4) is 0 Å². The molecule has 1 saturated carbocycles. The highest BCUT2D eigenvalue weighted by atomic mass is 19.1. The molecule has 0 amide bonds. The average molecular weight is 302 g/mol. The Bertz CT molecular complexity index is 585. The quantitative estimate of drug-likeness (QED) is 0.748. The zero-order valence-electron chi connectivity index (χ0n) is 13.1. The van der Waals surface area contributed by atoms with Gasteiger partial charge >= 0.3 is 0 Å². The van der Waals surface area contributed by atoms with E-state index in [-0.39, 0.29) is 5.82 Å². The van der Waals surface area contributed by atoms with E-state index >= 15 is 0 Å². The molecule has 1 aliphatic rings. The van der Waals surface area contributed by atoms with Crippen LogP contribution in [0.5, 0.6) is 0 Å². The van der Waals surface area contributed by atoms with Crippen molar-refractivity contribution >= 4 is 0 Å². The molecule has 1 heterocycles. The van der Waals surface area contributed by atoms with Gasteiger partial charge in [-0.05, 0) is 55.9 Å². The van der Waals surface area contributed by atoms with Crippen LogP contribution < -0.4 is 0 Å². The van der Waals surface area contributed by atoms with Crippen LogP contribution in [-0.4, -0.2) is 10.1 Å². The molecule has 0 aliphatic heterocycles. The first-order chi connectivity index (χ1) is 10.8. The highest BCUT2D eigenvalue weighted by Gasteiger charge is 2.25. The van der Waals surface area contributed by atoms with Gasteiger partial charge in [-0.25, -0.2) is 4.39 Å². The van der Waals surface area contributed by atoms with Crippen molar-refractivity contribution in [2.24, 2.45) is 5.92 Å². The van der Waals surface area contributed by atoms with E-state index in [2.05, 4.69) is 17.1 Å². The number of hydrogen-bond acceptors (Lipinski definition) is 3. The van der Waals surface area contributed by atoms with Gasteiger partial charge in [-0.15, -0.1) is 0 Å². The van der Waals surface area contributed by atoms with Gasteiger partial charge in [0.25, 0.3) is 5.89 Å². The summed E-state index contributed by atoms with van der Waals surface area (Å²) in [6.07, 6.45) is 8.82. The molecule has 118 valence electrons. The smallest absolute Gasteiger partial charge is 0.257 e. The number of benzene rings is 1. The topological polar surface area (TPSA) is 38.9 Å². The molecule has 0 bridgehead atoms. The van der Waals surface area contributed by atoms with E-state index in [9.17, 15) is 4.39 Å². The van der Waals surface area contributed by atoms with Crippen LogP contribution in [-0.2, 0) is 0 Å². The van der Waals surface area contributed by atoms with Crippen LogP contribution in [0.1, 0.15) is 63.6 Å². The maximum Gasteiger partial charge on any atom is 0.257 e. The Balaban J connectivity index is 1.61. The number of hydrogen-bond donors (Lipinski definition) is 0. The lowest BCUT2D eigenvalue weighted by molar-refractivity contribution is 0.293. The molecule has 3 nitrogen and oxygen atoms in total. The second-order valence-electron chi connectivity index (χ2n) is 6.32. The number of halogens is 1. The second-order valence-corrected chi connectivity index (χ2v) is 6.32. The van der Waals surface area contributed by atoms with Gasteiger partial charge in [0.1, 0.15) is 5.82 Å². The molecule has 1 aromatic carbocycles. The third-order valence-corrected chi connectivity index (χ3v) is 4.71. The average Bonchev–Trinajstić information content (AvgIpc) is 3.04. The lowest BCUT2D eigenvalue weighted by atomic mass is 9.79. The van der Waals surface area contributed by atoms with Gasteiger partial charge in [-0.1, -0.05) is 31.3 Å². The molecule has 1 aliphatic carbocycles. The van der Waals surface area contributed by atoms with Crippen molar-refractivity contribution in [3.63, 3.8) is 0 Å². The summed E-state index contributed by atoms with van der Waals surface area (Å²) >= 11 is 0. The minimum Gasteiger partial charge on any atom is -0.334 e. The molecule has 22 heavy (non-hydrogen) atoms. The van der Waals surface area contributed by atoms with Crippen molar-refractivity contribution in [1.82, 2.24) is 10.1 Å². The first-order valence-corrected chi connectivity index (χ1v) is 8.35. The number of nitrogens with zero attached hydrogens (tertiary/aromatic N) is 2. The molecule has 0 saturated heterocycles. The fraction of sp³-hybridized carbons (Fsp3) is 0.556. The molecule has 0 atom stereocenters. The van der Waals surface area contributed by atoms with Crippen LogP contribution >= 0.6 is 0 Å². The van der Waals surface area contributed by atoms with Gasteiger partial charge in [0.15, 0.2) is 5.82 Å². The Labute approximate surface area is 130 Å². The summed E-state index contributed by atoms with van der Waals surface area (Å²) < 4.78 is 18.3. The molecule has 0 N–H and O–H groups in total. The third kappa shape index (κ3) is 3.54. The second kappa shape index (κ2) is 7.03. The van der Waals surface area contributed by atoms with Crippen molar-refractivity contribution < 1.29 is 8.91 Å². The summed E-state index contributed by atoms with van der Waals surface area (Å²) in [5.74, 6) is 2.33. The SMILES string of the molecule is CCCCC1CCC(c2noc(-c3ccc(F)cc3)n2)CC1. The summed E-state index contributed by atoms with van der Waals surface area (Å²) in [4.78, 5) is 4.52. The largest absolute Gasteiger partial charge is 0.334 e. The van der Waals surface area contributed by atoms with Crippen molar-refractivity contribution in [3.05, 3.63) is 35.9 Å². The standard InChI is InChI=1S/C18H23FN2O/c1-2-3-4-13-5-7-14(8-6-13)17-20-18(22-21-17)15-9-11-16(19)12-10-15/h9-14H,2-8H2,1H3. The predicted molar refractivity (Wildman–Crippen MR) is 83.9 cm³/mol. The Morgan fingerprint density at radius 2 is 1.86 bits per heavy atom. The maximum atomic E-state index is 13.0. The van der Waals surface area contributed by atoms with E-state index in [4.69, 9.17) is 4.52 Å². The van der Waals surface area contributed by atoms with Gasteiger partial charge in [-0.3, -0.25) is 0 Å². The highest BCUT2D eigenvalue weighted by molar-refractivity contribution is 5.52. The van der Waals surface area contributed by atoms with Gasteiger partial charge in [0.2, 0.25) is 0 Å². The fourth-order valence-electron chi connectivity index (χ4n) is 3.31. The van der Waals surface area contributed by atoms with Crippen molar-refractivity contribution in [3.8, 4) is 11.5 Å². The van der Waals surface area contributed by atoms with Crippen LogP contribution in [0.15, 0.2) is 28.8 Å². The maximum absolute atomic E-state index is 13.0. The normalized spacial score (nSPS) is 21.9. The molecule has 1 aromatic heterocycles. The van der Waals surface area contributed by atoms with Crippen molar-refractivity contribution in [1.29, 1.82) is 0 Å². The van der Waals surface area contributed by atoms with Gasteiger partial charge in [-0.2, -0.15) is 4.98 Å². The summed E-state index contributed by atoms with van der Waals surface area (Å²) in [5.41, 5.74) is 0.775. The first-order valence-electron chi connectivity index (χ1n) is 8.35. The lowest BCUT2D eigenvalue weighted by Gasteiger charge is -2.26. The Hall–Kier alpha value is -1.71.